The minimum absolute atomic E-state index is 0.957. The lowest BCUT2D eigenvalue weighted by atomic mass is 10.3. The third kappa shape index (κ3) is 2.36. The predicted molar refractivity (Wildman–Crippen MR) is 71.9 cm³/mol. The summed E-state index contributed by atoms with van der Waals surface area (Å²) in [6.07, 6.45) is 2.91. The summed E-state index contributed by atoms with van der Waals surface area (Å²) in [5.41, 5.74) is 1.18. The summed E-state index contributed by atoms with van der Waals surface area (Å²) >= 11 is 5.21. The van der Waals surface area contributed by atoms with Crippen molar-refractivity contribution in [2.24, 2.45) is 7.05 Å². The van der Waals surface area contributed by atoms with Crippen LogP contribution >= 0.6 is 27.3 Å². The summed E-state index contributed by atoms with van der Waals surface area (Å²) in [5.74, 6) is 1.12. The highest BCUT2D eigenvalue weighted by atomic mass is 79.9. The summed E-state index contributed by atoms with van der Waals surface area (Å²) in [5, 5.41) is 3.14. The molecule has 5 heteroatoms. The van der Waals surface area contributed by atoms with Gasteiger partial charge in [0, 0.05) is 20.0 Å². The molecular formula is C11H14BrN3S. The number of nitrogens with zero attached hydrogens (tertiary/aromatic N) is 2. The minimum Gasteiger partial charge on any atom is -0.330 e. The first-order valence-electron chi connectivity index (χ1n) is 5.13. The molecule has 86 valence electrons. The Hall–Kier alpha value is -0.650. The van der Waals surface area contributed by atoms with E-state index in [1.165, 1.54) is 10.6 Å². The SMILES string of the molecule is CNCCc1ncc(-c2ccc(Br)s2)n1C. The number of imidazole rings is 1. The average molecular weight is 300 g/mol. The van der Waals surface area contributed by atoms with E-state index in [0.29, 0.717) is 0 Å². The zero-order valence-electron chi connectivity index (χ0n) is 9.33. The van der Waals surface area contributed by atoms with Crippen LogP contribution in [-0.2, 0) is 13.5 Å². The zero-order chi connectivity index (χ0) is 11.5. The maximum atomic E-state index is 4.45. The Labute approximate surface area is 108 Å². The maximum absolute atomic E-state index is 4.45. The Bertz CT molecular complexity index is 475. The summed E-state index contributed by atoms with van der Waals surface area (Å²) in [6, 6.07) is 4.19. The smallest absolute Gasteiger partial charge is 0.110 e. The van der Waals surface area contributed by atoms with Crippen molar-refractivity contribution in [2.45, 2.75) is 6.42 Å². The lowest BCUT2D eigenvalue weighted by Gasteiger charge is -2.03. The third-order valence-corrected chi connectivity index (χ3v) is 4.15. The largest absolute Gasteiger partial charge is 0.330 e. The molecule has 0 amide bonds. The molecule has 0 aliphatic heterocycles. The number of hydrogen-bond donors (Lipinski definition) is 1. The van der Waals surface area contributed by atoms with Gasteiger partial charge in [-0.1, -0.05) is 0 Å². The molecule has 0 atom stereocenters. The maximum Gasteiger partial charge on any atom is 0.110 e. The number of thiophene rings is 1. The van der Waals surface area contributed by atoms with Crippen LogP contribution in [0.4, 0.5) is 0 Å². The summed E-state index contributed by atoms with van der Waals surface area (Å²) in [6.45, 7) is 0.957. The molecule has 0 bridgehead atoms. The van der Waals surface area contributed by atoms with Gasteiger partial charge >= 0.3 is 0 Å². The topological polar surface area (TPSA) is 29.9 Å². The Balaban J connectivity index is 2.26. The van der Waals surface area contributed by atoms with Crippen LogP contribution in [0.3, 0.4) is 0 Å². The fraction of sp³-hybridized carbons (Fsp3) is 0.364. The van der Waals surface area contributed by atoms with Crippen molar-refractivity contribution in [3.05, 3.63) is 27.9 Å². The molecule has 2 heterocycles. The van der Waals surface area contributed by atoms with Crippen LogP contribution in [0, 0.1) is 0 Å². The van der Waals surface area contributed by atoms with Crippen LogP contribution in [0.2, 0.25) is 0 Å². The second-order valence-electron chi connectivity index (χ2n) is 3.58. The number of halogens is 1. The van der Waals surface area contributed by atoms with Crippen molar-refractivity contribution in [3.8, 4) is 10.6 Å². The van der Waals surface area contributed by atoms with Gasteiger partial charge in [0.15, 0.2) is 0 Å². The Morgan fingerprint density at radius 1 is 1.50 bits per heavy atom. The molecule has 0 aliphatic carbocycles. The first-order chi connectivity index (χ1) is 7.72. The molecule has 2 rings (SSSR count). The summed E-state index contributed by atoms with van der Waals surface area (Å²) in [4.78, 5) is 5.70. The molecule has 0 saturated carbocycles. The van der Waals surface area contributed by atoms with E-state index in [1.54, 1.807) is 11.3 Å². The fourth-order valence-electron chi connectivity index (χ4n) is 1.60. The van der Waals surface area contributed by atoms with E-state index >= 15 is 0 Å². The lowest BCUT2D eigenvalue weighted by molar-refractivity contribution is 0.720. The van der Waals surface area contributed by atoms with Crippen LogP contribution < -0.4 is 5.32 Å². The standard InChI is InChI=1S/C11H14BrN3S/c1-13-6-5-11-14-7-8(15(11)2)9-3-4-10(12)16-9/h3-4,7,13H,5-6H2,1-2H3. The van der Waals surface area contributed by atoms with Crippen molar-refractivity contribution in [2.75, 3.05) is 13.6 Å². The van der Waals surface area contributed by atoms with Gasteiger partial charge < -0.3 is 9.88 Å². The van der Waals surface area contributed by atoms with Crippen molar-refractivity contribution in [1.29, 1.82) is 0 Å². The molecular weight excluding hydrogens is 286 g/mol. The lowest BCUT2D eigenvalue weighted by Crippen LogP contribution is -2.13. The van der Waals surface area contributed by atoms with Gasteiger partial charge in [0.2, 0.25) is 0 Å². The average Bonchev–Trinajstić information content (AvgIpc) is 2.83. The Morgan fingerprint density at radius 2 is 2.31 bits per heavy atom. The van der Waals surface area contributed by atoms with Gasteiger partial charge in [0.25, 0.3) is 0 Å². The van der Waals surface area contributed by atoms with Gasteiger partial charge in [-0.15, -0.1) is 11.3 Å². The number of rotatable bonds is 4. The van der Waals surface area contributed by atoms with E-state index in [0.717, 1.165) is 22.6 Å². The molecule has 0 fully saturated rings. The number of nitrogens with one attached hydrogen (secondary N) is 1. The molecule has 1 N–H and O–H groups in total. The summed E-state index contributed by atoms with van der Waals surface area (Å²) in [7, 11) is 4.03. The molecule has 0 saturated heterocycles. The minimum atomic E-state index is 0.957. The fourth-order valence-corrected chi connectivity index (χ4v) is 3.03. The van der Waals surface area contributed by atoms with Gasteiger partial charge in [0.05, 0.1) is 20.6 Å². The highest BCUT2D eigenvalue weighted by Crippen LogP contribution is 2.31. The van der Waals surface area contributed by atoms with Crippen LogP contribution in [0.15, 0.2) is 22.1 Å². The van der Waals surface area contributed by atoms with Crippen LogP contribution in [0.1, 0.15) is 5.82 Å². The van der Waals surface area contributed by atoms with E-state index in [-0.39, 0.29) is 0 Å². The number of hydrogen-bond acceptors (Lipinski definition) is 3. The quantitative estimate of drug-likeness (QED) is 0.941. The van der Waals surface area contributed by atoms with Crippen LogP contribution in [-0.4, -0.2) is 23.1 Å². The van der Waals surface area contributed by atoms with E-state index in [4.69, 9.17) is 0 Å². The highest BCUT2D eigenvalue weighted by molar-refractivity contribution is 9.11. The normalized spacial score (nSPS) is 10.9. The van der Waals surface area contributed by atoms with Gasteiger partial charge in [-0.2, -0.15) is 0 Å². The molecule has 0 unspecified atom stereocenters. The van der Waals surface area contributed by atoms with Crippen molar-refractivity contribution in [3.63, 3.8) is 0 Å². The van der Waals surface area contributed by atoms with Gasteiger partial charge in [-0.3, -0.25) is 0 Å². The van der Waals surface area contributed by atoms with E-state index in [1.807, 2.05) is 13.2 Å². The summed E-state index contributed by atoms with van der Waals surface area (Å²) < 4.78 is 3.32. The predicted octanol–water partition coefficient (Wildman–Crippen LogP) is 2.67. The van der Waals surface area contributed by atoms with Crippen molar-refractivity contribution < 1.29 is 0 Å². The van der Waals surface area contributed by atoms with Crippen LogP contribution in [0.25, 0.3) is 10.6 Å². The van der Waals surface area contributed by atoms with Crippen molar-refractivity contribution in [1.82, 2.24) is 14.9 Å². The Kier molecular flexibility index (Phi) is 3.78. The van der Waals surface area contributed by atoms with Crippen molar-refractivity contribution >= 4 is 27.3 Å². The molecule has 2 aromatic rings. The van der Waals surface area contributed by atoms with Gasteiger partial charge in [0.1, 0.15) is 5.82 Å². The van der Waals surface area contributed by atoms with E-state index in [9.17, 15) is 0 Å². The van der Waals surface area contributed by atoms with Gasteiger partial charge in [-0.25, -0.2) is 4.98 Å². The second-order valence-corrected chi connectivity index (χ2v) is 6.04. The molecule has 0 radical (unpaired) electrons. The first kappa shape index (κ1) is 11.8. The molecule has 3 nitrogen and oxygen atoms in total. The highest BCUT2D eigenvalue weighted by Gasteiger charge is 2.09. The molecule has 16 heavy (non-hydrogen) atoms. The van der Waals surface area contributed by atoms with E-state index < -0.39 is 0 Å². The zero-order valence-corrected chi connectivity index (χ0v) is 11.7. The molecule has 0 spiro atoms. The number of aromatic nitrogens is 2. The monoisotopic (exact) mass is 299 g/mol. The first-order valence-corrected chi connectivity index (χ1v) is 6.74. The molecule has 0 aromatic carbocycles. The third-order valence-electron chi connectivity index (χ3n) is 2.51. The number of likely N-dealkylation sites (N-methyl/N-ethyl adjacent to an activating group) is 1. The van der Waals surface area contributed by atoms with E-state index in [2.05, 4.69) is 50.0 Å². The molecule has 2 aromatic heterocycles. The second kappa shape index (κ2) is 5.12. The Morgan fingerprint density at radius 3 is 2.94 bits per heavy atom. The van der Waals surface area contributed by atoms with Gasteiger partial charge in [-0.05, 0) is 35.1 Å². The molecule has 0 aliphatic rings. The van der Waals surface area contributed by atoms with Crippen LogP contribution in [0.5, 0.6) is 0 Å².